The summed E-state index contributed by atoms with van der Waals surface area (Å²) < 4.78 is 10.7. The first kappa shape index (κ1) is 13.9. The van der Waals surface area contributed by atoms with Crippen molar-refractivity contribution in [3.8, 4) is 5.75 Å². The number of fused-ring (bicyclic) bond motifs is 1. The van der Waals surface area contributed by atoms with Crippen molar-refractivity contribution in [3.63, 3.8) is 0 Å². The van der Waals surface area contributed by atoms with Gasteiger partial charge >= 0.3 is 0 Å². The number of amides is 2. The number of carbonyl (C=O) groups excluding carboxylic acids is 2. The summed E-state index contributed by atoms with van der Waals surface area (Å²) in [5.74, 6) is -0.224. The number of rotatable bonds is 4. The Balaban J connectivity index is 2.37. The van der Waals surface area contributed by atoms with Crippen molar-refractivity contribution in [1.82, 2.24) is 5.32 Å². The molecule has 2 aromatic rings. The van der Waals surface area contributed by atoms with Gasteiger partial charge in [-0.15, -0.1) is 0 Å². The molecule has 0 aliphatic rings. The Hall–Kier alpha value is -2.50. The first-order valence-corrected chi connectivity index (χ1v) is 6.11. The monoisotopic (exact) mass is 276 g/mol. The summed E-state index contributed by atoms with van der Waals surface area (Å²) in [5.41, 5.74) is 6.38. The second-order valence-corrected chi connectivity index (χ2v) is 4.52. The number of nitrogens with two attached hydrogens (primary N) is 1. The zero-order chi connectivity index (χ0) is 14.9. The van der Waals surface area contributed by atoms with E-state index in [4.69, 9.17) is 14.9 Å². The maximum Gasteiger partial charge on any atom is 0.287 e. The molecule has 106 valence electrons. The Labute approximate surface area is 115 Å². The Morgan fingerprint density at radius 1 is 1.40 bits per heavy atom. The fourth-order valence-corrected chi connectivity index (χ4v) is 1.88. The quantitative estimate of drug-likeness (QED) is 0.881. The molecule has 20 heavy (non-hydrogen) atoms. The van der Waals surface area contributed by atoms with Gasteiger partial charge in [-0.2, -0.15) is 0 Å². The van der Waals surface area contributed by atoms with E-state index in [1.807, 2.05) is 0 Å². The highest BCUT2D eigenvalue weighted by atomic mass is 16.5. The lowest BCUT2D eigenvalue weighted by Gasteiger charge is -2.08. The van der Waals surface area contributed by atoms with E-state index in [1.165, 1.54) is 6.92 Å². The van der Waals surface area contributed by atoms with Gasteiger partial charge in [0, 0.05) is 10.9 Å². The van der Waals surface area contributed by atoms with Crippen LogP contribution in [0.25, 0.3) is 11.0 Å². The van der Waals surface area contributed by atoms with Crippen LogP contribution in [0.4, 0.5) is 0 Å². The normalized spacial score (nSPS) is 12.2. The molecule has 2 amide bonds. The number of aryl methyl sites for hydroxylation is 1. The van der Waals surface area contributed by atoms with Gasteiger partial charge in [-0.1, -0.05) is 0 Å². The molecule has 0 aliphatic heterocycles. The summed E-state index contributed by atoms with van der Waals surface area (Å²) in [6.07, 6.45) is 0. The van der Waals surface area contributed by atoms with Crippen LogP contribution < -0.4 is 15.8 Å². The number of ether oxygens (including phenoxy) is 1. The SMILES string of the molecule is COc1ccc2oc(C(=O)NC(C)C(N)=O)c(C)c2c1. The van der Waals surface area contributed by atoms with Gasteiger partial charge < -0.3 is 20.2 Å². The first-order chi connectivity index (χ1) is 9.43. The van der Waals surface area contributed by atoms with Gasteiger partial charge in [0.2, 0.25) is 5.91 Å². The van der Waals surface area contributed by atoms with E-state index in [-0.39, 0.29) is 5.76 Å². The van der Waals surface area contributed by atoms with E-state index in [0.29, 0.717) is 16.9 Å². The van der Waals surface area contributed by atoms with Crippen molar-refractivity contribution in [2.24, 2.45) is 5.73 Å². The minimum absolute atomic E-state index is 0.168. The predicted molar refractivity (Wildman–Crippen MR) is 73.6 cm³/mol. The lowest BCUT2D eigenvalue weighted by molar-refractivity contribution is -0.119. The standard InChI is InChI=1S/C14H16N2O4/c1-7-10-6-9(19-3)4-5-11(10)20-12(7)14(18)16-8(2)13(15)17/h4-6,8H,1-3H3,(H2,15,17)(H,16,18). The van der Waals surface area contributed by atoms with Crippen LogP contribution in [-0.2, 0) is 4.79 Å². The van der Waals surface area contributed by atoms with Crippen LogP contribution in [0.3, 0.4) is 0 Å². The molecule has 0 saturated carbocycles. The molecular formula is C14H16N2O4. The van der Waals surface area contributed by atoms with E-state index in [9.17, 15) is 9.59 Å². The third-order valence-electron chi connectivity index (χ3n) is 3.12. The molecule has 6 heteroatoms. The Bertz CT molecular complexity index is 675. The Morgan fingerprint density at radius 3 is 2.70 bits per heavy atom. The molecular weight excluding hydrogens is 260 g/mol. The van der Waals surface area contributed by atoms with Crippen molar-refractivity contribution in [3.05, 3.63) is 29.5 Å². The molecule has 1 unspecified atom stereocenters. The smallest absolute Gasteiger partial charge is 0.287 e. The summed E-state index contributed by atoms with van der Waals surface area (Å²) in [4.78, 5) is 23.0. The van der Waals surface area contributed by atoms with Crippen LogP contribution in [0.15, 0.2) is 22.6 Å². The van der Waals surface area contributed by atoms with Crippen LogP contribution in [0.2, 0.25) is 0 Å². The highest BCUT2D eigenvalue weighted by Crippen LogP contribution is 2.28. The van der Waals surface area contributed by atoms with Crippen molar-refractivity contribution in [1.29, 1.82) is 0 Å². The van der Waals surface area contributed by atoms with E-state index in [2.05, 4.69) is 5.32 Å². The summed E-state index contributed by atoms with van der Waals surface area (Å²) in [6, 6.07) is 4.52. The number of furan rings is 1. The number of benzene rings is 1. The molecule has 0 fully saturated rings. The van der Waals surface area contributed by atoms with Crippen LogP contribution in [-0.4, -0.2) is 25.0 Å². The van der Waals surface area contributed by atoms with Gasteiger partial charge in [-0.25, -0.2) is 0 Å². The average molecular weight is 276 g/mol. The summed E-state index contributed by atoms with van der Waals surface area (Å²) in [7, 11) is 1.57. The van der Waals surface area contributed by atoms with Crippen LogP contribution in [0.5, 0.6) is 5.75 Å². The number of primary amides is 1. The van der Waals surface area contributed by atoms with Gasteiger partial charge in [0.1, 0.15) is 17.4 Å². The minimum atomic E-state index is -0.760. The highest BCUT2D eigenvalue weighted by Gasteiger charge is 2.21. The van der Waals surface area contributed by atoms with Crippen molar-refractivity contribution in [2.75, 3.05) is 7.11 Å². The maximum absolute atomic E-state index is 12.1. The second kappa shape index (κ2) is 5.24. The molecule has 0 spiro atoms. The zero-order valence-corrected chi connectivity index (χ0v) is 11.5. The summed E-state index contributed by atoms with van der Waals surface area (Å²) in [6.45, 7) is 3.29. The molecule has 1 aromatic carbocycles. The number of methoxy groups -OCH3 is 1. The third kappa shape index (κ3) is 2.45. The molecule has 6 nitrogen and oxygen atoms in total. The summed E-state index contributed by atoms with van der Waals surface area (Å²) >= 11 is 0. The van der Waals surface area contributed by atoms with Crippen molar-refractivity contribution in [2.45, 2.75) is 19.9 Å². The summed E-state index contributed by atoms with van der Waals surface area (Å²) in [5, 5.41) is 3.28. The molecule has 0 saturated heterocycles. The second-order valence-electron chi connectivity index (χ2n) is 4.52. The van der Waals surface area contributed by atoms with Crippen molar-refractivity contribution < 1.29 is 18.7 Å². The maximum atomic E-state index is 12.1. The lowest BCUT2D eigenvalue weighted by Crippen LogP contribution is -2.42. The van der Waals surface area contributed by atoms with E-state index in [0.717, 1.165) is 5.39 Å². The Kier molecular flexibility index (Phi) is 3.65. The zero-order valence-electron chi connectivity index (χ0n) is 11.5. The fraction of sp³-hybridized carbons (Fsp3) is 0.286. The van der Waals surface area contributed by atoms with Crippen molar-refractivity contribution >= 4 is 22.8 Å². The number of nitrogens with one attached hydrogen (secondary N) is 1. The molecule has 0 bridgehead atoms. The predicted octanol–water partition coefficient (Wildman–Crippen LogP) is 1.35. The van der Waals surface area contributed by atoms with E-state index in [1.54, 1.807) is 32.2 Å². The molecule has 2 rings (SSSR count). The van der Waals surface area contributed by atoms with Crippen LogP contribution >= 0.6 is 0 Å². The molecule has 0 radical (unpaired) electrons. The first-order valence-electron chi connectivity index (χ1n) is 6.11. The lowest BCUT2D eigenvalue weighted by atomic mass is 10.1. The highest BCUT2D eigenvalue weighted by molar-refractivity contribution is 6.00. The largest absolute Gasteiger partial charge is 0.497 e. The van der Waals surface area contributed by atoms with Crippen LogP contribution in [0, 0.1) is 6.92 Å². The van der Waals surface area contributed by atoms with Crippen LogP contribution in [0.1, 0.15) is 23.0 Å². The molecule has 0 aliphatic carbocycles. The fourth-order valence-electron chi connectivity index (χ4n) is 1.88. The minimum Gasteiger partial charge on any atom is -0.497 e. The van der Waals surface area contributed by atoms with Gasteiger partial charge in [-0.3, -0.25) is 9.59 Å². The number of hydrogen-bond donors (Lipinski definition) is 2. The van der Waals surface area contributed by atoms with Gasteiger partial charge in [0.15, 0.2) is 5.76 Å². The van der Waals surface area contributed by atoms with Gasteiger partial charge in [-0.05, 0) is 32.0 Å². The number of carbonyl (C=O) groups is 2. The Morgan fingerprint density at radius 2 is 2.10 bits per heavy atom. The molecule has 1 heterocycles. The molecule has 3 N–H and O–H groups in total. The molecule has 1 aromatic heterocycles. The van der Waals surface area contributed by atoms with E-state index < -0.39 is 17.9 Å². The van der Waals surface area contributed by atoms with Gasteiger partial charge in [0.05, 0.1) is 7.11 Å². The average Bonchev–Trinajstić information content (AvgIpc) is 2.75. The topological polar surface area (TPSA) is 94.6 Å². The van der Waals surface area contributed by atoms with E-state index >= 15 is 0 Å². The number of hydrogen-bond acceptors (Lipinski definition) is 4. The van der Waals surface area contributed by atoms with Gasteiger partial charge in [0.25, 0.3) is 5.91 Å². The molecule has 1 atom stereocenters. The third-order valence-corrected chi connectivity index (χ3v) is 3.12.